The van der Waals surface area contributed by atoms with Gasteiger partial charge < -0.3 is 25.6 Å². The van der Waals surface area contributed by atoms with Gasteiger partial charge in [0.25, 0.3) is 0 Å². The van der Waals surface area contributed by atoms with Crippen molar-refractivity contribution in [3.63, 3.8) is 0 Å². The second kappa shape index (κ2) is 14.9. The lowest BCUT2D eigenvalue weighted by atomic mass is 9.97. The van der Waals surface area contributed by atoms with Gasteiger partial charge in [-0.15, -0.1) is 0 Å². The summed E-state index contributed by atoms with van der Waals surface area (Å²) in [6, 6.07) is 13.0. The summed E-state index contributed by atoms with van der Waals surface area (Å²) in [4.78, 5) is 41.6. The predicted octanol–water partition coefficient (Wildman–Crippen LogP) is 3.36. The quantitative estimate of drug-likeness (QED) is 0.536. The van der Waals surface area contributed by atoms with E-state index in [2.05, 4.69) is 16.0 Å². The molecule has 2 aromatic carbocycles. The molecule has 212 valence electrons. The van der Waals surface area contributed by atoms with E-state index in [-0.39, 0.29) is 24.2 Å². The maximum atomic E-state index is 13.5. The standard InChI is InChI=1S/C30H41ClN4O4/c1-5-20(2)27-30(38)35(4)21(3)28(36)34-25(19-23-12-6-8-14-24(23)31)29(37)33-16-10-13-22-11-7-9-15-26(22)39-18-17-32-27/h6-9,11-12,14-15,20-21,25,27,32H,5,10,13,16-19H2,1-4H3,(H,33,37)(H,34,36)/t20-,21+,25+,27-/m0/s1. The van der Waals surface area contributed by atoms with Gasteiger partial charge in [0.1, 0.15) is 24.4 Å². The Morgan fingerprint density at radius 2 is 1.77 bits per heavy atom. The molecule has 39 heavy (non-hydrogen) atoms. The van der Waals surface area contributed by atoms with Gasteiger partial charge in [-0.1, -0.05) is 68.3 Å². The maximum Gasteiger partial charge on any atom is 0.243 e. The number of rotatable bonds is 4. The van der Waals surface area contributed by atoms with Crippen molar-refractivity contribution in [2.45, 2.75) is 64.6 Å². The van der Waals surface area contributed by atoms with Gasteiger partial charge in [0.2, 0.25) is 17.7 Å². The van der Waals surface area contributed by atoms with E-state index in [0.29, 0.717) is 31.1 Å². The highest BCUT2D eigenvalue weighted by atomic mass is 35.5. The Morgan fingerprint density at radius 1 is 1.05 bits per heavy atom. The third kappa shape index (κ3) is 8.44. The third-order valence-electron chi connectivity index (χ3n) is 7.42. The number of nitrogens with one attached hydrogen (secondary N) is 3. The Hall–Kier alpha value is -3.10. The number of hydrogen-bond donors (Lipinski definition) is 3. The molecule has 1 aliphatic heterocycles. The van der Waals surface area contributed by atoms with Gasteiger partial charge in [-0.3, -0.25) is 14.4 Å². The average Bonchev–Trinajstić information content (AvgIpc) is 2.94. The van der Waals surface area contributed by atoms with Gasteiger partial charge in [-0.2, -0.15) is 0 Å². The smallest absolute Gasteiger partial charge is 0.243 e. The number of fused-ring (bicyclic) bond motifs is 1. The second-order valence-electron chi connectivity index (χ2n) is 10.1. The zero-order valence-electron chi connectivity index (χ0n) is 23.3. The lowest BCUT2D eigenvalue weighted by Crippen LogP contribution is -2.57. The highest BCUT2D eigenvalue weighted by Gasteiger charge is 2.32. The SMILES string of the molecule is CC[C@H](C)[C@@H]1NCCOc2ccccc2CCCNC(=O)[C@@H](Cc2ccccc2Cl)NC(=O)[C@@H](C)N(C)C1=O. The van der Waals surface area contributed by atoms with E-state index in [0.717, 1.165) is 29.7 Å². The fraction of sp³-hybridized carbons (Fsp3) is 0.500. The number of likely N-dealkylation sites (N-methyl/N-ethyl adjacent to an activating group) is 1. The van der Waals surface area contributed by atoms with Crippen LogP contribution >= 0.6 is 11.6 Å². The minimum absolute atomic E-state index is 0.0480. The monoisotopic (exact) mass is 556 g/mol. The van der Waals surface area contributed by atoms with Crippen molar-refractivity contribution in [2.24, 2.45) is 5.92 Å². The Morgan fingerprint density at radius 3 is 2.51 bits per heavy atom. The highest BCUT2D eigenvalue weighted by molar-refractivity contribution is 6.31. The van der Waals surface area contributed by atoms with Crippen molar-refractivity contribution in [2.75, 3.05) is 26.7 Å². The molecule has 0 fully saturated rings. The van der Waals surface area contributed by atoms with Crippen LogP contribution in [-0.2, 0) is 27.2 Å². The number of nitrogens with zero attached hydrogens (tertiary/aromatic N) is 1. The third-order valence-corrected chi connectivity index (χ3v) is 7.79. The minimum atomic E-state index is -0.846. The van der Waals surface area contributed by atoms with Crippen LogP contribution in [0.15, 0.2) is 48.5 Å². The van der Waals surface area contributed by atoms with Gasteiger partial charge in [-0.05, 0) is 48.9 Å². The van der Waals surface area contributed by atoms with Crippen LogP contribution in [-0.4, -0.2) is 67.5 Å². The molecule has 0 saturated heterocycles. The topological polar surface area (TPSA) is 99.8 Å². The van der Waals surface area contributed by atoms with Crippen molar-refractivity contribution in [3.8, 4) is 5.75 Å². The summed E-state index contributed by atoms with van der Waals surface area (Å²) in [6.45, 7) is 7.04. The molecule has 1 heterocycles. The van der Waals surface area contributed by atoms with Gasteiger partial charge in [0, 0.05) is 31.6 Å². The Bertz CT molecular complexity index is 1130. The van der Waals surface area contributed by atoms with E-state index in [4.69, 9.17) is 16.3 Å². The molecular weight excluding hydrogens is 516 g/mol. The first-order chi connectivity index (χ1) is 18.7. The number of carbonyl (C=O) groups is 3. The zero-order chi connectivity index (χ0) is 28.4. The zero-order valence-corrected chi connectivity index (χ0v) is 24.1. The van der Waals surface area contributed by atoms with Crippen LogP contribution in [0.4, 0.5) is 0 Å². The number of amides is 3. The number of halogens is 1. The molecule has 3 N–H and O–H groups in total. The van der Waals surface area contributed by atoms with Gasteiger partial charge in [0.15, 0.2) is 0 Å². The minimum Gasteiger partial charge on any atom is -0.492 e. The van der Waals surface area contributed by atoms with E-state index in [1.54, 1.807) is 20.0 Å². The molecule has 0 unspecified atom stereocenters. The average molecular weight is 557 g/mol. The summed E-state index contributed by atoms with van der Waals surface area (Å²) in [5.74, 6) is -0.0335. The van der Waals surface area contributed by atoms with Crippen LogP contribution in [0.1, 0.15) is 44.7 Å². The van der Waals surface area contributed by atoms with Crippen LogP contribution in [0.5, 0.6) is 5.75 Å². The van der Waals surface area contributed by atoms with E-state index in [1.165, 1.54) is 4.90 Å². The lowest BCUT2D eigenvalue weighted by Gasteiger charge is -2.32. The summed E-state index contributed by atoms with van der Waals surface area (Å²) < 4.78 is 6.06. The maximum absolute atomic E-state index is 13.5. The van der Waals surface area contributed by atoms with Crippen molar-refractivity contribution in [1.29, 1.82) is 0 Å². The lowest BCUT2D eigenvalue weighted by molar-refractivity contribution is -0.141. The molecule has 8 nitrogen and oxygen atoms in total. The summed E-state index contributed by atoms with van der Waals surface area (Å²) in [6.07, 6.45) is 2.46. The Kier molecular flexibility index (Phi) is 11.6. The first-order valence-corrected chi connectivity index (χ1v) is 14.1. The number of para-hydroxylation sites is 1. The van der Waals surface area contributed by atoms with Gasteiger partial charge in [-0.25, -0.2) is 0 Å². The molecule has 0 aromatic heterocycles. The molecule has 0 radical (unpaired) electrons. The molecule has 2 aromatic rings. The fourth-order valence-corrected chi connectivity index (χ4v) is 4.79. The van der Waals surface area contributed by atoms with Crippen molar-refractivity contribution >= 4 is 29.3 Å². The fourth-order valence-electron chi connectivity index (χ4n) is 4.58. The van der Waals surface area contributed by atoms with Crippen LogP contribution in [0.25, 0.3) is 0 Å². The predicted molar refractivity (Wildman–Crippen MR) is 154 cm³/mol. The van der Waals surface area contributed by atoms with E-state index in [9.17, 15) is 14.4 Å². The number of carbonyl (C=O) groups excluding carboxylic acids is 3. The van der Waals surface area contributed by atoms with Gasteiger partial charge >= 0.3 is 0 Å². The number of ether oxygens (including phenoxy) is 1. The van der Waals surface area contributed by atoms with Crippen LogP contribution in [0.3, 0.4) is 0 Å². The largest absolute Gasteiger partial charge is 0.492 e. The normalized spacial score (nSPS) is 22.9. The molecule has 4 atom stereocenters. The summed E-state index contributed by atoms with van der Waals surface area (Å²) in [5.41, 5.74) is 1.81. The van der Waals surface area contributed by atoms with Crippen LogP contribution < -0.4 is 20.7 Å². The summed E-state index contributed by atoms with van der Waals surface area (Å²) in [7, 11) is 1.62. The van der Waals surface area contributed by atoms with Crippen molar-refractivity contribution < 1.29 is 19.1 Å². The first-order valence-electron chi connectivity index (χ1n) is 13.7. The van der Waals surface area contributed by atoms with E-state index >= 15 is 0 Å². The number of hydrogen-bond acceptors (Lipinski definition) is 5. The van der Waals surface area contributed by atoms with E-state index in [1.807, 2.05) is 56.3 Å². The van der Waals surface area contributed by atoms with Gasteiger partial charge in [0.05, 0.1) is 6.04 Å². The van der Waals surface area contributed by atoms with E-state index < -0.39 is 24.0 Å². The first kappa shape index (κ1) is 30.4. The molecule has 1 aliphatic rings. The second-order valence-corrected chi connectivity index (χ2v) is 10.6. The molecule has 9 heteroatoms. The van der Waals surface area contributed by atoms with Crippen molar-refractivity contribution in [3.05, 3.63) is 64.7 Å². The highest BCUT2D eigenvalue weighted by Crippen LogP contribution is 2.20. The number of benzene rings is 2. The molecule has 0 saturated carbocycles. The van der Waals surface area contributed by atoms with Crippen LogP contribution in [0, 0.1) is 5.92 Å². The Labute approximate surface area is 236 Å². The molecule has 3 rings (SSSR count). The Balaban J connectivity index is 1.87. The van der Waals surface area contributed by atoms with Crippen molar-refractivity contribution in [1.82, 2.24) is 20.9 Å². The summed E-state index contributed by atoms with van der Waals surface area (Å²) in [5, 5.41) is 9.72. The summed E-state index contributed by atoms with van der Waals surface area (Å²) >= 11 is 6.37. The molecule has 3 amide bonds. The number of aryl methyl sites for hydroxylation is 1. The molecule has 0 aliphatic carbocycles. The molecule has 0 bridgehead atoms. The molecule has 0 spiro atoms. The molecular formula is C30H41ClN4O4. The van der Waals surface area contributed by atoms with Crippen LogP contribution in [0.2, 0.25) is 5.02 Å².